The minimum Gasteiger partial charge on any atom is -0.508 e. The Hall–Kier alpha value is -1.68. The summed E-state index contributed by atoms with van der Waals surface area (Å²) in [5.41, 5.74) is 1.20. The molecule has 0 fully saturated rings. The summed E-state index contributed by atoms with van der Waals surface area (Å²) in [5, 5.41) is 26.0. The van der Waals surface area contributed by atoms with Gasteiger partial charge >= 0.3 is 0 Å². The van der Waals surface area contributed by atoms with E-state index in [9.17, 15) is 5.11 Å². The molecule has 0 saturated carbocycles. The lowest BCUT2D eigenvalue weighted by Crippen LogP contribution is -2.29. The summed E-state index contributed by atoms with van der Waals surface area (Å²) in [6.45, 7) is 0.0721. The highest BCUT2D eigenvalue weighted by molar-refractivity contribution is 6.31. The highest BCUT2D eigenvalue weighted by Crippen LogP contribution is 2.30. The molecule has 4 heteroatoms. The van der Waals surface area contributed by atoms with Gasteiger partial charge in [-0.15, -0.1) is 0 Å². The number of benzene rings is 1. The Morgan fingerprint density at radius 3 is 2.53 bits per heavy atom. The zero-order chi connectivity index (χ0) is 12.3. The monoisotopic (exact) mass is 232 g/mol. The standard InChI is InChI=1S/C13H16N2O2/c14-11-8-13(5-6-16,15-9-11)7-10-1-3-12(17)4-2-10/h1-4,9,14,16-17H,5-8H2. The van der Waals surface area contributed by atoms with Gasteiger partial charge in [-0.25, -0.2) is 0 Å². The third kappa shape index (κ3) is 2.71. The van der Waals surface area contributed by atoms with Crippen LogP contribution < -0.4 is 0 Å². The Bertz CT molecular complexity index is 439. The first kappa shape index (κ1) is 11.8. The van der Waals surface area contributed by atoms with E-state index in [0.717, 1.165) is 5.56 Å². The number of aliphatic hydroxyl groups excluding tert-OH is 1. The smallest absolute Gasteiger partial charge is 0.115 e. The van der Waals surface area contributed by atoms with Crippen molar-refractivity contribution < 1.29 is 10.2 Å². The molecular formula is C13H16N2O2. The molecule has 1 aromatic carbocycles. The number of phenols is 1. The fourth-order valence-electron chi connectivity index (χ4n) is 2.21. The quantitative estimate of drug-likeness (QED) is 0.736. The van der Waals surface area contributed by atoms with Crippen LogP contribution in [0.5, 0.6) is 5.75 Å². The lowest BCUT2D eigenvalue weighted by molar-refractivity contribution is 0.243. The van der Waals surface area contributed by atoms with E-state index in [-0.39, 0.29) is 17.9 Å². The van der Waals surface area contributed by atoms with Crippen molar-refractivity contribution in [1.29, 1.82) is 5.41 Å². The predicted octanol–water partition coefficient (Wildman–Crippen LogP) is 1.55. The van der Waals surface area contributed by atoms with Gasteiger partial charge in [0, 0.05) is 19.2 Å². The van der Waals surface area contributed by atoms with Crippen LogP contribution in [0.3, 0.4) is 0 Å². The third-order valence-electron chi connectivity index (χ3n) is 3.06. The van der Waals surface area contributed by atoms with E-state index in [1.807, 2.05) is 12.1 Å². The van der Waals surface area contributed by atoms with E-state index >= 15 is 0 Å². The van der Waals surface area contributed by atoms with Crippen molar-refractivity contribution in [2.45, 2.75) is 24.8 Å². The number of hydrogen-bond acceptors (Lipinski definition) is 4. The van der Waals surface area contributed by atoms with Crippen LogP contribution >= 0.6 is 0 Å². The van der Waals surface area contributed by atoms with Crippen LogP contribution in [-0.2, 0) is 6.42 Å². The molecule has 4 nitrogen and oxygen atoms in total. The van der Waals surface area contributed by atoms with Gasteiger partial charge in [0.1, 0.15) is 5.75 Å². The molecule has 1 heterocycles. The van der Waals surface area contributed by atoms with Gasteiger partial charge in [0.05, 0.1) is 11.3 Å². The van der Waals surface area contributed by atoms with E-state index < -0.39 is 0 Å². The summed E-state index contributed by atoms with van der Waals surface area (Å²) in [4.78, 5) is 4.38. The fourth-order valence-corrected chi connectivity index (χ4v) is 2.21. The van der Waals surface area contributed by atoms with Crippen LogP contribution in [0.15, 0.2) is 29.3 Å². The van der Waals surface area contributed by atoms with Gasteiger partial charge in [0.2, 0.25) is 0 Å². The normalized spacial score (nSPS) is 23.2. The molecule has 1 aliphatic rings. The molecule has 1 aliphatic heterocycles. The summed E-state index contributed by atoms with van der Waals surface area (Å²) in [7, 11) is 0. The van der Waals surface area contributed by atoms with Crippen molar-refractivity contribution in [2.75, 3.05) is 6.61 Å². The maximum Gasteiger partial charge on any atom is 0.115 e. The van der Waals surface area contributed by atoms with E-state index in [0.29, 0.717) is 25.0 Å². The second-order valence-corrected chi connectivity index (χ2v) is 4.50. The number of aromatic hydroxyl groups is 1. The Balaban J connectivity index is 2.16. The molecule has 0 amide bonds. The number of nitrogens with one attached hydrogen (secondary N) is 1. The van der Waals surface area contributed by atoms with E-state index in [1.165, 1.54) is 0 Å². The van der Waals surface area contributed by atoms with Crippen LogP contribution in [0, 0.1) is 5.41 Å². The Morgan fingerprint density at radius 2 is 2.00 bits per heavy atom. The van der Waals surface area contributed by atoms with Crippen LogP contribution in [0.4, 0.5) is 0 Å². The molecule has 90 valence electrons. The molecule has 0 bridgehead atoms. The summed E-state index contributed by atoms with van der Waals surface area (Å²) < 4.78 is 0. The molecule has 2 rings (SSSR count). The molecule has 0 aromatic heterocycles. The first-order chi connectivity index (χ1) is 8.13. The average Bonchev–Trinajstić information content (AvgIpc) is 2.64. The molecule has 1 atom stereocenters. The van der Waals surface area contributed by atoms with Crippen LogP contribution in [0.25, 0.3) is 0 Å². The molecular weight excluding hydrogens is 216 g/mol. The number of nitrogens with zero attached hydrogens (tertiary/aromatic N) is 1. The van der Waals surface area contributed by atoms with Crippen LogP contribution in [0.1, 0.15) is 18.4 Å². The second kappa shape index (κ2) is 4.67. The zero-order valence-electron chi connectivity index (χ0n) is 9.56. The maximum atomic E-state index is 9.22. The van der Waals surface area contributed by atoms with Crippen molar-refractivity contribution in [2.24, 2.45) is 4.99 Å². The van der Waals surface area contributed by atoms with Gasteiger partial charge in [-0.3, -0.25) is 4.99 Å². The predicted molar refractivity (Wildman–Crippen MR) is 67.1 cm³/mol. The fraction of sp³-hybridized carbons (Fsp3) is 0.385. The number of hydrogen-bond donors (Lipinski definition) is 3. The van der Waals surface area contributed by atoms with Gasteiger partial charge in [0.25, 0.3) is 0 Å². The molecule has 1 unspecified atom stereocenters. The lowest BCUT2D eigenvalue weighted by atomic mass is 9.86. The molecule has 0 radical (unpaired) electrons. The summed E-state index contributed by atoms with van der Waals surface area (Å²) in [6, 6.07) is 7.00. The van der Waals surface area contributed by atoms with Gasteiger partial charge in [-0.05, 0) is 30.5 Å². The Labute approximate surface area is 100 Å². The largest absolute Gasteiger partial charge is 0.508 e. The number of aliphatic hydroxyl groups is 1. The Morgan fingerprint density at radius 1 is 1.29 bits per heavy atom. The topological polar surface area (TPSA) is 76.7 Å². The number of aliphatic imine (C=N–C) groups is 1. The molecule has 0 saturated heterocycles. The van der Waals surface area contributed by atoms with E-state index in [1.54, 1.807) is 18.3 Å². The first-order valence-corrected chi connectivity index (χ1v) is 5.65. The van der Waals surface area contributed by atoms with Crippen molar-refractivity contribution in [3.8, 4) is 5.75 Å². The number of phenolic OH excluding ortho intramolecular Hbond substituents is 1. The van der Waals surface area contributed by atoms with E-state index in [4.69, 9.17) is 10.5 Å². The van der Waals surface area contributed by atoms with E-state index in [2.05, 4.69) is 4.99 Å². The maximum absolute atomic E-state index is 9.22. The minimum atomic E-state index is -0.372. The summed E-state index contributed by atoms with van der Waals surface area (Å²) in [5.74, 6) is 0.243. The summed E-state index contributed by atoms with van der Waals surface area (Å²) >= 11 is 0. The number of rotatable bonds is 4. The van der Waals surface area contributed by atoms with Gasteiger partial charge in [-0.2, -0.15) is 0 Å². The van der Waals surface area contributed by atoms with Gasteiger partial charge in [0.15, 0.2) is 0 Å². The van der Waals surface area contributed by atoms with Crippen molar-refractivity contribution in [3.05, 3.63) is 29.8 Å². The van der Waals surface area contributed by atoms with Crippen molar-refractivity contribution >= 4 is 11.9 Å². The average molecular weight is 232 g/mol. The molecule has 0 aliphatic carbocycles. The highest BCUT2D eigenvalue weighted by Gasteiger charge is 2.33. The highest BCUT2D eigenvalue weighted by atomic mass is 16.3. The molecule has 0 spiro atoms. The first-order valence-electron chi connectivity index (χ1n) is 5.65. The second-order valence-electron chi connectivity index (χ2n) is 4.50. The minimum absolute atomic E-state index is 0.0721. The summed E-state index contributed by atoms with van der Waals surface area (Å²) in [6.07, 6.45) is 3.41. The lowest BCUT2D eigenvalue weighted by Gasteiger charge is -2.25. The van der Waals surface area contributed by atoms with Crippen LogP contribution in [0.2, 0.25) is 0 Å². The third-order valence-corrected chi connectivity index (χ3v) is 3.06. The molecule has 1 aromatic rings. The molecule has 3 N–H and O–H groups in total. The van der Waals surface area contributed by atoms with Crippen molar-refractivity contribution in [3.63, 3.8) is 0 Å². The SMILES string of the molecule is N=C1C=NC(CCO)(Cc2ccc(O)cc2)C1. The van der Waals surface area contributed by atoms with Gasteiger partial charge in [-0.1, -0.05) is 12.1 Å². The van der Waals surface area contributed by atoms with Gasteiger partial charge < -0.3 is 15.6 Å². The zero-order valence-corrected chi connectivity index (χ0v) is 9.56. The molecule has 17 heavy (non-hydrogen) atoms. The Kier molecular flexibility index (Phi) is 3.24. The van der Waals surface area contributed by atoms with Crippen molar-refractivity contribution in [1.82, 2.24) is 0 Å². The van der Waals surface area contributed by atoms with Crippen LogP contribution in [-0.4, -0.2) is 34.3 Å².